The molecule has 0 saturated heterocycles. The smallest absolute Gasteiger partial charge is 0.230 e. The molecular formula is C12H20N4O2S. The predicted octanol–water partition coefficient (Wildman–Crippen LogP) is 0.838. The van der Waals surface area contributed by atoms with Gasteiger partial charge in [0.05, 0.1) is 18.4 Å². The second-order valence-electron chi connectivity index (χ2n) is 5.14. The highest BCUT2D eigenvalue weighted by Gasteiger charge is 2.26. The lowest BCUT2D eigenvalue weighted by Crippen LogP contribution is -2.42. The molecule has 1 fully saturated rings. The highest BCUT2D eigenvalue weighted by molar-refractivity contribution is 7.99. The van der Waals surface area contributed by atoms with Gasteiger partial charge in [-0.2, -0.15) is 0 Å². The number of hydrogen-bond acceptors (Lipinski definition) is 5. The van der Waals surface area contributed by atoms with Gasteiger partial charge in [-0.05, 0) is 18.8 Å². The van der Waals surface area contributed by atoms with Crippen LogP contribution in [-0.4, -0.2) is 44.2 Å². The molecule has 0 bridgehead atoms. The Kier molecular flexibility index (Phi) is 4.81. The maximum absolute atomic E-state index is 11.8. The van der Waals surface area contributed by atoms with Crippen LogP contribution in [0.4, 0.5) is 0 Å². The van der Waals surface area contributed by atoms with Crippen molar-refractivity contribution in [1.29, 1.82) is 0 Å². The molecule has 2 rings (SSSR count). The molecule has 1 aromatic rings. The molecule has 0 unspecified atom stereocenters. The molecular weight excluding hydrogens is 264 g/mol. The quantitative estimate of drug-likeness (QED) is 0.725. The molecule has 1 amide bonds. The largest absolute Gasteiger partial charge is 0.394 e. The van der Waals surface area contributed by atoms with Crippen LogP contribution in [0, 0.1) is 5.92 Å². The third kappa shape index (κ3) is 3.94. The summed E-state index contributed by atoms with van der Waals surface area (Å²) in [7, 11) is 0. The van der Waals surface area contributed by atoms with Crippen molar-refractivity contribution in [3.63, 3.8) is 0 Å². The van der Waals surface area contributed by atoms with Crippen molar-refractivity contribution in [2.45, 2.75) is 43.9 Å². The van der Waals surface area contributed by atoms with Gasteiger partial charge in [0.2, 0.25) is 5.91 Å². The molecule has 0 spiro atoms. The van der Waals surface area contributed by atoms with Gasteiger partial charge < -0.3 is 15.0 Å². The average Bonchev–Trinajstić information content (AvgIpc) is 3.12. The number of aliphatic hydroxyl groups excluding tert-OH is 1. The number of nitrogens with zero attached hydrogens (tertiary/aromatic N) is 3. The van der Waals surface area contributed by atoms with Crippen LogP contribution < -0.4 is 5.32 Å². The lowest BCUT2D eigenvalue weighted by molar-refractivity contribution is -0.119. The minimum atomic E-state index is -0.186. The van der Waals surface area contributed by atoms with Gasteiger partial charge >= 0.3 is 0 Å². The van der Waals surface area contributed by atoms with E-state index in [1.54, 1.807) is 6.33 Å². The lowest BCUT2D eigenvalue weighted by Gasteiger charge is -2.19. The number of aromatic nitrogens is 3. The molecule has 1 aliphatic rings. The van der Waals surface area contributed by atoms with Crippen LogP contribution in [0.1, 0.15) is 32.7 Å². The first kappa shape index (κ1) is 14.3. The first-order chi connectivity index (χ1) is 9.11. The number of carbonyl (C=O) groups excluding carboxylic acids is 1. The molecule has 7 heteroatoms. The summed E-state index contributed by atoms with van der Waals surface area (Å²) < 4.78 is 2.03. The van der Waals surface area contributed by atoms with Crippen molar-refractivity contribution < 1.29 is 9.90 Å². The Morgan fingerprint density at radius 1 is 1.63 bits per heavy atom. The highest BCUT2D eigenvalue weighted by atomic mass is 32.2. The van der Waals surface area contributed by atoms with Crippen LogP contribution in [0.2, 0.25) is 0 Å². The summed E-state index contributed by atoms with van der Waals surface area (Å²) in [5.41, 5.74) is 0. The molecule has 0 aromatic carbocycles. The summed E-state index contributed by atoms with van der Waals surface area (Å²) in [5, 5.41) is 20.7. The van der Waals surface area contributed by atoms with Gasteiger partial charge in [-0.25, -0.2) is 0 Å². The van der Waals surface area contributed by atoms with E-state index in [2.05, 4.69) is 15.5 Å². The van der Waals surface area contributed by atoms with E-state index >= 15 is 0 Å². The van der Waals surface area contributed by atoms with Gasteiger partial charge in [0.1, 0.15) is 6.33 Å². The number of rotatable bonds is 7. The van der Waals surface area contributed by atoms with Crippen LogP contribution in [0.5, 0.6) is 0 Å². The average molecular weight is 284 g/mol. The van der Waals surface area contributed by atoms with Crippen LogP contribution in [0.15, 0.2) is 11.5 Å². The maximum atomic E-state index is 11.8. The van der Waals surface area contributed by atoms with E-state index in [-0.39, 0.29) is 24.5 Å². The van der Waals surface area contributed by atoms with E-state index in [9.17, 15) is 9.90 Å². The third-order valence-corrected chi connectivity index (χ3v) is 4.12. The van der Waals surface area contributed by atoms with E-state index in [1.807, 2.05) is 18.4 Å². The highest BCUT2D eigenvalue weighted by Crippen LogP contribution is 2.37. The molecule has 0 aliphatic heterocycles. The van der Waals surface area contributed by atoms with Gasteiger partial charge in [-0.15, -0.1) is 10.2 Å². The molecule has 19 heavy (non-hydrogen) atoms. The first-order valence-electron chi connectivity index (χ1n) is 6.54. The van der Waals surface area contributed by atoms with Crippen molar-refractivity contribution in [2.24, 2.45) is 5.92 Å². The maximum Gasteiger partial charge on any atom is 0.230 e. The zero-order valence-corrected chi connectivity index (χ0v) is 12.1. The summed E-state index contributed by atoms with van der Waals surface area (Å²) in [5.74, 6) is 0.436. The number of aliphatic hydroxyl groups is 1. The Labute approximate surface area is 117 Å². The number of hydrogen-bond donors (Lipinski definition) is 2. The van der Waals surface area contributed by atoms with Gasteiger partial charge in [-0.3, -0.25) is 4.79 Å². The van der Waals surface area contributed by atoms with Gasteiger partial charge in [-0.1, -0.05) is 25.6 Å². The molecule has 1 saturated carbocycles. The van der Waals surface area contributed by atoms with Gasteiger partial charge in [0.15, 0.2) is 5.16 Å². The third-order valence-electron chi connectivity index (χ3n) is 3.16. The van der Waals surface area contributed by atoms with Crippen molar-refractivity contribution in [3.05, 3.63) is 6.33 Å². The Morgan fingerprint density at radius 3 is 2.95 bits per heavy atom. The minimum absolute atomic E-state index is 0.0354. The summed E-state index contributed by atoms with van der Waals surface area (Å²) in [4.78, 5) is 11.8. The second-order valence-corrected chi connectivity index (χ2v) is 6.08. The fourth-order valence-corrected chi connectivity index (χ4v) is 2.53. The molecule has 2 N–H and O–H groups in total. The zero-order chi connectivity index (χ0) is 13.8. The molecule has 1 aliphatic carbocycles. The van der Waals surface area contributed by atoms with E-state index < -0.39 is 0 Å². The van der Waals surface area contributed by atoms with E-state index in [0.717, 1.165) is 18.0 Å². The summed E-state index contributed by atoms with van der Waals surface area (Å²) in [6.07, 6.45) is 4.05. The minimum Gasteiger partial charge on any atom is -0.394 e. The standard InChI is InChI=1S/C12H20N4O2S/c1-8(2)10(5-17)14-11(18)6-19-12-15-13-7-16(12)9-3-4-9/h7-10,17H,3-6H2,1-2H3,(H,14,18)/t10-/m1/s1. The normalized spacial score (nSPS) is 16.6. The number of amides is 1. The van der Waals surface area contributed by atoms with E-state index in [1.165, 1.54) is 11.8 Å². The number of thioether (sulfide) groups is 1. The number of nitrogens with one attached hydrogen (secondary N) is 1. The molecule has 106 valence electrons. The molecule has 0 radical (unpaired) electrons. The van der Waals surface area contributed by atoms with E-state index in [4.69, 9.17) is 0 Å². The zero-order valence-electron chi connectivity index (χ0n) is 11.2. The topological polar surface area (TPSA) is 80.0 Å². The van der Waals surface area contributed by atoms with Crippen LogP contribution in [-0.2, 0) is 4.79 Å². The van der Waals surface area contributed by atoms with Crippen molar-refractivity contribution >= 4 is 17.7 Å². The second kappa shape index (κ2) is 6.38. The summed E-state index contributed by atoms with van der Waals surface area (Å²) in [6, 6.07) is 0.329. The summed E-state index contributed by atoms with van der Waals surface area (Å²) in [6.45, 7) is 3.91. The first-order valence-corrected chi connectivity index (χ1v) is 7.53. The summed E-state index contributed by atoms with van der Waals surface area (Å²) >= 11 is 1.39. The monoisotopic (exact) mass is 284 g/mol. The fraction of sp³-hybridized carbons (Fsp3) is 0.750. The molecule has 1 aromatic heterocycles. The predicted molar refractivity (Wildman–Crippen MR) is 72.9 cm³/mol. The van der Waals surface area contributed by atoms with Crippen LogP contribution >= 0.6 is 11.8 Å². The molecule has 1 heterocycles. The van der Waals surface area contributed by atoms with Crippen molar-refractivity contribution in [2.75, 3.05) is 12.4 Å². The van der Waals surface area contributed by atoms with Gasteiger partial charge in [0, 0.05) is 6.04 Å². The van der Waals surface area contributed by atoms with Crippen LogP contribution in [0.25, 0.3) is 0 Å². The Bertz CT molecular complexity index is 431. The fourth-order valence-electron chi connectivity index (χ4n) is 1.74. The van der Waals surface area contributed by atoms with Crippen LogP contribution in [0.3, 0.4) is 0 Å². The molecule has 1 atom stereocenters. The Morgan fingerprint density at radius 2 is 2.37 bits per heavy atom. The SMILES string of the molecule is CC(C)[C@@H](CO)NC(=O)CSc1nncn1C1CC1. The Balaban J connectivity index is 1.81. The number of carbonyl (C=O) groups is 1. The Hall–Kier alpha value is -1.08. The lowest BCUT2D eigenvalue weighted by atomic mass is 10.1. The van der Waals surface area contributed by atoms with Crippen molar-refractivity contribution in [3.8, 4) is 0 Å². The van der Waals surface area contributed by atoms with Crippen molar-refractivity contribution in [1.82, 2.24) is 20.1 Å². The molecule has 6 nitrogen and oxygen atoms in total. The van der Waals surface area contributed by atoms with E-state index in [0.29, 0.717) is 11.8 Å². The van der Waals surface area contributed by atoms with Gasteiger partial charge in [0.25, 0.3) is 0 Å².